The normalized spacial score (nSPS) is 11.8. The summed E-state index contributed by atoms with van der Waals surface area (Å²) in [6.07, 6.45) is 5.25. The Morgan fingerprint density at radius 2 is 1.84 bits per heavy atom. The van der Waals surface area contributed by atoms with Crippen LogP contribution in [-0.2, 0) is 33.5 Å². The van der Waals surface area contributed by atoms with Gasteiger partial charge in [0.25, 0.3) is 0 Å². The molecule has 0 aliphatic carbocycles. The molecule has 11 nitrogen and oxygen atoms in total. The molecule has 232 valence electrons. The molecule has 2 heterocycles. The highest BCUT2D eigenvalue weighted by molar-refractivity contribution is 14.1. The lowest BCUT2D eigenvalue weighted by molar-refractivity contribution is -0.118. The molecule has 13 heteroatoms. The van der Waals surface area contributed by atoms with Crippen LogP contribution in [0.2, 0.25) is 0 Å². The Balaban J connectivity index is 1.58. The van der Waals surface area contributed by atoms with Crippen molar-refractivity contribution in [2.75, 3.05) is 29.9 Å². The molecule has 0 saturated heterocycles. The van der Waals surface area contributed by atoms with Crippen molar-refractivity contribution in [3.05, 3.63) is 58.9 Å². The number of anilines is 1. The van der Waals surface area contributed by atoms with Gasteiger partial charge in [-0.15, -0.1) is 0 Å². The second-order valence-corrected chi connectivity index (χ2v) is 12.4. The highest BCUT2D eigenvalue weighted by Crippen LogP contribution is 2.39. The highest BCUT2D eigenvalue weighted by atomic mass is 127. The van der Waals surface area contributed by atoms with Gasteiger partial charge in [0.1, 0.15) is 17.1 Å². The summed E-state index contributed by atoms with van der Waals surface area (Å²) in [7, 11) is -4.66. The van der Waals surface area contributed by atoms with Gasteiger partial charge in [0.05, 0.1) is 15.5 Å². The summed E-state index contributed by atoms with van der Waals surface area (Å²) in [6, 6.07) is 11.5. The van der Waals surface area contributed by atoms with E-state index >= 15 is 0 Å². The SMILES string of the molecule is CCCCc1nc2c(N)nc3ccc(CCCOCCCNC(=O)CI)cc3c2n1Cc1ccc(OP(=O)(O)O)c(C)c1. The van der Waals surface area contributed by atoms with Gasteiger partial charge in [0, 0.05) is 38.1 Å². The van der Waals surface area contributed by atoms with Crippen LogP contribution >= 0.6 is 30.4 Å². The number of unbranched alkanes of at least 4 members (excludes halogenated alkanes) is 1. The minimum absolute atomic E-state index is 0.0434. The molecule has 2 aromatic heterocycles. The molecule has 0 bridgehead atoms. The van der Waals surface area contributed by atoms with E-state index in [1.807, 2.05) is 40.8 Å². The van der Waals surface area contributed by atoms with Crippen LogP contribution in [0.1, 0.15) is 55.1 Å². The first kappa shape index (κ1) is 33.1. The van der Waals surface area contributed by atoms with Gasteiger partial charge in [-0.3, -0.25) is 14.6 Å². The zero-order valence-electron chi connectivity index (χ0n) is 24.5. The number of halogens is 1. The average molecular weight is 724 g/mol. The minimum Gasteiger partial charge on any atom is -0.404 e. The predicted octanol–water partition coefficient (Wildman–Crippen LogP) is 5.23. The summed E-state index contributed by atoms with van der Waals surface area (Å²) >= 11 is 2.04. The number of hydrogen-bond donors (Lipinski definition) is 4. The first-order valence-corrected chi connectivity index (χ1v) is 17.5. The zero-order chi connectivity index (χ0) is 31.0. The topological polar surface area (TPSA) is 162 Å². The second-order valence-electron chi connectivity index (χ2n) is 10.5. The number of phosphoric ester groups is 1. The van der Waals surface area contributed by atoms with Crippen molar-refractivity contribution in [2.24, 2.45) is 0 Å². The number of ether oxygens (including phenoxy) is 1. The van der Waals surface area contributed by atoms with Crippen LogP contribution in [0, 0.1) is 6.92 Å². The van der Waals surface area contributed by atoms with E-state index in [2.05, 4.69) is 33.9 Å². The van der Waals surface area contributed by atoms with E-state index in [9.17, 15) is 19.1 Å². The summed E-state index contributed by atoms with van der Waals surface area (Å²) in [5, 5.41) is 3.82. The maximum absolute atomic E-state index is 11.4. The lowest BCUT2D eigenvalue weighted by Gasteiger charge is -2.14. The molecule has 0 spiro atoms. The fourth-order valence-electron chi connectivity index (χ4n) is 5.01. The number of aromatic nitrogens is 3. The first-order chi connectivity index (χ1) is 20.6. The standard InChI is InChI=1S/C30H39IN5O6P/c1-3-4-8-26-35-28-29(36(26)19-22-10-12-25(20(2)16-22)42-43(38,39)40)23-17-21(9-11-24(23)34-30(28)32)7-5-14-41-15-6-13-33-27(37)18-31/h9-12,16-17H,3-8,13-15,18-19H2,1-2H3,(H2,32,34)(H,33,37)(H2,38,39,40). The number of nitrogens with one attached hydrogen (secondary N) is 1. The first-order valence-electron chi connectivity index (χ1n) is 14.4. The summed E-state index contributed by atoms with van der Waals surface area (Å²) in [6.45, 7) is 6.26. The lowest BCUT2D eigenvalue weighted by Crippen LogP contribution is -2.25. The number of rotatable bonds is 16. The Bertz CT molecular complexity index is 1620. The third-order valence-electron chi connectivity index (χ3n) is 7.06. The van der Waals surface area contributed by atoms with Gasteiger partial charge in [-0.2, -0.15) is 0 Å². The Morgan fingerprint density at radius 1 is 1.07 bits per heavy atom. The van der Waals surface area contributed by atoms with Crippen molar-refractivity contribution >= 4 is 64.1 Å². The maximum Gasteiger partial charge on any atom is 0.524 e. The number of pyridine rings is 1. The molecule has 2 aromatic carbocycles. The Labute approximate surface area is 264 Å². The number of fused-ring (bicyclic) bond motifs is 3. The van der Waals surface area contributed by atoms with Gasteiger partial charge in [0.2, 0.25) is 5.91 Å². The van der Waals surface area contributed by atoms with Crippen molar-refractivity contribution < 1.29 is 28.4 Å². The molecule has 0 aliphatic rings. The van der Waals surface area contributed by atoms with Crippen LogP contribution in [0.3, 0.4) is 0 Å². The molecule has 0 radical (unpaired) electrons. The van der Waals surface area contributed by atoms with E-state index in [1.165, 1.54) is 0 Å². The van der Waals surface area contributed by atoms with Crippen molar-refractivity contribution in [1.82, 2.24) is 19.9 Å². The number of imidazole rings is 1. The van der Waals surface area contributed by atoms with Crippen LogP contribution in [0.5, 0.6) is 5.75 Å². The summed E-state index contributed by atoms with van der Waals surface area (Å²) in [4.78, 5) is 39.4. The van der Waals surface area contributed by atoms with Crippen LogP contribution in [0.25, 0.3) is 21.9 Å². The van der Waals surface area contributed by atoms with Crippen molar-refractivity contribution in [3.8, 4) is 5.75 Å². The fourth-order valence-corrected chi connectivity index (χ4v) is 5.74. The van der Waals surface area contributed by atoms with Crippen LogP contribution in [0.15, 0.2) is 36.4 Å². The average Bonchev–Trinajstić information content (AvgIpc) is 3.33. The van der Waals surface area contributed by atoms with Crippen molar-refractivity contribution in [1.29, 1.82) is 0 Å². The van der Waals surface area contributed by atoms with Crippen molar-refractivity contribution in [3.63, 3.8) is 0 Å². The van der Waals surface area contributed by atoms with E-state index in [0.29, 0.717) is 47.6 Å². The monoisotopic (exact) mass is 723 g/mol. The number of alkyl halides is 1. The summed E-state index contributed by atoms with van der Waals surface area (Å²) in [5.74, 6) is 1.49. The molecule has 1 amide bonds. The minimum atomic E-state index is -4.66. The molecule has 43 heavy (non-hydrogen) atoms. The Morgan fingerprint density at radius 3 is 2.56 bits per heavy atom. The van der Waals surface area contributed by atoms with E-state index < -0.39 is 7.82 Å². The van der Waals surface area contributed by atoms with Gasteiger partial charge < -0.3 is 24.9 Å². The molecule has 0 unspecified atom stereocenters. The number of carbonyl (C=O) groups excluding carboxylic acids is 1. The lowest BCUT2D eigenvalue weighted by atomic mass is 10.1. The van der Waals surface area contributed by atoms with E-state index in [1.54, 1.807) is 13.0 Å². The number of benzene rings is 2. The number of aryl methyl sites for hydroxylation is 3. The number of nitrogens with zero attached hydrogens (tertiary/aromatic N) is 3. The maximum atomic E-state index is 11.4. The molecule has 4 rings (SSSR count). The molecule has 4 aromatic rings. The smallest absolute Gasteiger partial charge is 0.404 e. The number of amides is 1. The third-order valence-corrected chi connectivity index (χ3v) is 8.19. The number of nitrogen functional groups attached to an aromatic ring is 1. The Hall–Kier alpha value is -2.77. The molecular weight excluding hydrogens is 684 g/mol. The molecule has 0 atom stereocenters. The van der Waals surface area contributed by atoms with Gasteiger partial charge in [-0.25, -0.2) is 14.5 Å². The molecular formula is C30H39IN5O6P. The third kappa shape index (κ3) is 9.12. The largest absolute Gasteiger partial charge is 0.524 e. The second kappa shape index (κ2) is 15.3. The number of carbonyl (C=O) groups is 1. The van der Waals surface area contributed by atoms with Gasteiger partial charge in [0.15, 0.2) is 5.82 Å². The van der Waals surface area contributed by atoms with Crippen LogP contribution in [0.4, 0.5) is 5.82 Å². The van der Waals surface area contributed by atoms with E-state index in [0.717, 1.165) is 71.9 Å². The molecule has 5 N–H and O–H groups in total. The predicted molar refractivity (Wildman–Crippen MR) is 177 cm³/mol. The summed E-state index contributed by atoms with van der Waals surface area (Å²) in [5.41, 5.74) is 11.5. The molecule has 0 aliphatic heterocycles. The number of nitrogens with two attached hydrogens (primary N) is 1. The van der Waals surface area contributed by atoms with E-state index in [4.69, 9.17) is 20.0 Å². The van der Waals surface area contributed by atoms with Gasteiger partial charge in [-0.1, -0.05) is 54.1 Å². The van der Waals surface area contributed by atoms with Gasteiger partial charge in [-0.05, 0) is 67.5 Å². The molecule has 0 saturated carbocycles. The summed E-state index contributed by atoms with van der Waals surface area (Å²) < 4.78 is 24.6. The van der Waals surface area contributed by atoms with Crippen LogP contribution < -0.4 is 15.6 Å². The van der Waals surface area contributed by atoms with Gasteiger partial charge >= 0.3 is 7.82 Å². The zero-order valence-corrected chi connectivity index (χ0v) is 27.6. The van der Waals surface area contributed by atoms with E-state index in [-0.39, 0.29) is 11.7 Å². The number of hydrogen-bond acceptors (Lipinski definition) is 7. The number of phosphoric acid groups is 1. The molecule has 0 fully saturated rings. The fraction of sp³-hybridized carbons (Fsp3) is 0.433. The quantitative estimate of drug-likeness (QED) is 0.0525. The van der Waals surface area contributed by atoms with Crippen LogP contribution in [-0.4, -0.2) is 54.4 Å². The van der Waals surface area contributed by atoms with Crippen molar-refractivity contribution in [2.45, 2.75) is 58.9 Å². The highest BCUT2D eigenvalue weighted by Gasteiger charge is 2.20. The Kier molecular flexibility index (Phi) is 11.8.